The minimum atomic E-state index is -0.133. The minimum Gasteiger partial charge on any atom is -0.497 e. The Morgan fingerprint density at radius 3 is 2.50 bits per heavy atom. The van der Waals surface area contributed by atoms with Crippen LogP contribution in [0.4, 0.5) is 0 Å². The monoisotopic (exact) mass is 272 g/mol. The van der Waals surface area contributed by atoms with Crippen molar-refractivity contribution >= 4 is 5.97 Å². The minimum absolute atomic E-state index is 0.0728. The van der Waals surface area contributed by atoms with Gasteiger partial charge in [-0.2, -0.15) is 0 Å². The Hall–Kier alpha value is -1.95. The van der Waals surface area contributed by atoms with Gasteiger partial charge < -0.3 is 9.47 Å². The maximum atomic E-state index is 11.8. The van der Waals surface area contributed by atoms with Crippen molar-refractivity contribution in [3.8, 4) is 17.6 Å². The van der Waals surface area contributed by atoms with Gasteiger partial charge >= 0.3 is 5.97 Å². The van der Waals surface area contributed by atoms with Gasteiger partial charge in [0.05, 0.1) is 19.6 Å². The average Bonchev–Trinajstić information content (AvgIpc) is 2.99. The van der Waals surface area contributed by atoms with Crippen LogP contribution in [0.25, 0.3) is 0 Å². The number of hydrogen-bond donors (Lipinski definition) is 0. The summed E-state index contributed by atoms with van der Waals surface area (Å²) in [6, 6.07) is 7.59. The molecule has 0 aliphatic heterocycles. The van der Waals surface area contributed by atoms with Crippen LogP contribution in [0.2, 0.25) is 0 Å². The topological polar surface area (TPSA) is 35.5 Å². The van der Waals surface area contributed by atoms with Crippen molar-refractivity contribution in [1.29, 1.82) is 0 Å². The SMILES string of the molecule is CCOC(=O)[C@H]1[C@H](C#Cc2ccc(OC)cc2)C1(C)C. The van der Waals surface area contributed by atoms with Crippen molar-refractivity contribution in [3.63, 3.8) is 0 Å². The first-order valence-corrected chi connectivity index (χ1v) is 6.83. The number of rotatable bonds is 3. The van der Waals surface area contributed by atoms with Crippen LogP contribution >= 0.6 is 0 Å². The van der Waals surface area contributed by atoms with Gasteiger partial charge in [-0.05, 0) is 36.6 Å². The maximum absolute atomic E-state index is 11.8. The zero-order chi connectivity index (χ0) is 14.8. The molecule has 2 rings (SSSR count). The smallest absolute Gasteiger partial charge is 0.310 e. The van der Waals surface area contributed by atoms with E-state index in [0.717, 1.165) is 11.3 Å². The van der Waals surface area contributed by atoms with Crippen LogP contribution in [0.15, 0.2) is 24.3 Å². The van der Waals surface area contributed by atoms with E-state index in [1.807, 2.05) is 31.2 Å². The van der Waals surface area contributed by atoms with Crippen LogP contribution in [0.5, 0.6) is 5.75 Å². The van der Waals surface area contributed by atoms with Crippen molar-refractivity contribution < 1.29 is 14.3 Å². The normalized spacial score (nSPS) is 22.4. The Labute approximate surface area is 120 Å². The summed E-state index contributed by atoms with van der Waals surface area (Å²) < 4.78 is 10.2. The van der Waals surface area contributed by atoms with Gasteiger partial charge in [0.15, 0.2) is 0 Å². The molecule has 2 atom stereocenters. The lowest BCUT2D eigenvalue weighted by Gasteiger charge is -2.01. The molecule has 106 valence electrons. The largest absolute Gasteiger partial charge is 0.497 e. The first-order chi connectivity index (χ1) is 9.50. The van der Waals surface area contributed by atoms with E-state index in [9.17, 15) is 4.79 Å². The summed E-state index contributed by atoms with van der Waals surface area (Å²) in [6.07, 6.45) is 0. The number of methoxy groups -OCH3 is 1. The number of carbonyl (C=O) groups excluding carboxylic acids is 1. The molecule has 0 saturated heterocycles. The highest BCUT2D eigenvalue weighted by Gasteiger charge is 2.62. The number of ether oxygens (including phenoxy) is 2. The summed E-state index contributed by atoms with van der Waals surface area (Å²) in [6.45, 7) is 6.36. The fourth-order valence-corrected chi connectivity index (χ4v) is 2.41. The summed E-state index contributed by atoms with van der Waals surface area (Å²) >= 11 is 0. The molecule has 0 spiro atoms. The van der Waals surface area contributed by atoms with Crippen molar-refractivity contribution in [3.05, 3.63) is 29.8 Å². The van der Waals surface area contributed by atoms with E-state index in [0.29, 0.717) is 6.61 Å². The third kappa shape index (κ3) is 2.80. The molecule has 1 aliphatic rings. The van der Waals surface area contributed by atoms with Crippen molar-refractivity contribution in [1.82, 2.24) is 0 Å². The molecular weight excluding hydrogens is 252 g/mol. The molecule has 1 aliphatic carbocycles. The summed E-state index contributed by atoms with van der Waals surface area (Å²) in [7, 11) is 1.64. The molecule has 1 aromatic rings. The van der Waals surface area contributed by atoms with Crippen LogP contribution in [-0.2, 0) is 9.53 Å². The Bertz CT molecular complexity index is 546. The van der Waals surface area contributed by atoms with Gasteiger partial charge in [-0.1, -0.05) is 25.7 Å². The number of esters is 1. The predicted octanol–water partition coefficient (Wildman–Crippen LogP) is 2.88. The van der Waals surface area contributed by atoms with Crippen molar-refractivity contribution in [2.75, 3.05) is 13.7 Å². The molecule has 3 nitrogen and oxygen atoms in total. The number of hydrogen-bond acceptors (Lipinski definition) is 3. The van der Waals surface area contributed by atoms with Crippen molar-refractivity contribution in [2.24, 2.45) is 17.3 Å². The van der Waals surface area contributed by atoms with Crippen LogP contribution in [0, 0.1) is 29.1 Å². The van der Waals surface area contributed by atoms with Gasteiger partial charge in [0.2, 0.25) is 0 Å². The van der Waals surface area contributed by atoms with Crippen molar-refractivity contribution in [2.45, 2.75) is 20.8 Å². The molecule has 0 unspecified atom stereocenters. The fraction of sp³-hybridized carbons (Fsp3) is 0.471. The summed E-state index contributed by atoms with van der Waals surface area (Å²) in [4.78, 5) is 11.8. The molecule has 0 N–H and O–H groups in total. The first-order valence-electron chi connectivity index (χ1n) is 6.83. The Kier molecular flexibility index (Phi) is 4.04. The molecule has 0 aromatic heterocycles. The van der Waals surface area contributed by atoms with Crippen LogP contribution < -0.4 is 4.74 Å². The highest BCUT2D eigenvalue weighted by molar-refractivity contribution is 5.78. The van der Waals surface area contributed by atoms with E-state index in [2.05, 4.69) is 25.7 Å². The third-order valence-corrected chi connectivity index (χ3v) is 3.83. The quantitative estimate of drug-likeness (QED) is 0.627. The van der Waals surface area contributed by atoms with E-state index < -0.39 is 0 Å². The average molecular weight is 272 g/mol. The van der Waals surface area contributed by atoms with E-state index >= 15 is 0 Å². The molecule has 1 fully saturated rings. The number of benzene rings is 1. The van der Waals surface area contributed by atoms with Crippen LogP contribution in [0.1, 0.15) is 26.3 Å². The summed E-state index contributed by atoms with van der Waals surface area (Å²) in [5, 5.41) is 0. The molecule has 0 radical (unpaired) electrons. The van der Waals surface area contributed by atoms with E-state index in [1.54, 1.807) is 7.11 Å². The molecular formula is C17H20O3. The Balaban J connectivity index is 2.07. The van der Waals surface area contributed by atoms with Gasteiger partial charge in [-0.25, -0.2) is 0 Å². The Morgan fingerprint density at radius 1 is 1.30 bits per heavy atom. The Morgan fingerprint density at radius 2 is 1.95 bits per heavy atom. The van der Waals surface area contributed by atoms with Gasteiger partial charge in [0.25, 0.3) is 0 Å². The molecule has 0 bridgehead atoms. The fourth-order valence-electron chi connectivity index (χ4n) is 2.41. The van der Waals surface area contributed by atoms with E-state index in [1.165, 1.54) is 0 Å². The zero-order valence-electron chi connectivity index (χ0n) is 12.4. The summed E-state index contributed by atoms with van der Waals surface area (Å²) in [5.74, 6) is 6.97. The third-order valence-electron chi connectivity index (χ3n) is 3.83. The molecule has 0 heterocycles. The van der Waals surface area contributed by atoms with Gasteiger partial charge in [-0.3, -0.25) is 4.79 Å². The molecule has 1 aromatic carbocycles. The highest BCUT2D eigenvalue weighted by atomic mass is 16.5. The molecule has 3 heteroatoms. The maximum Gasteiger partial charge on any atom is 0.310 e. The van der Waals surface area contributed by atoms with Crippen LogP contribution in [-0.4, -0.2) is 19.7 Å². The highest BCUT2D eigenvalue weighted by Crippen LogP contribution is 2.58. The van der Waals surface area contributed by atoms with Gasteiger partial charge in [0.1, 0.15) is 5.75 Å². The van der Waals surface area contributed by atoms with Gasteiger partial charge in [-0.15, -0.1) is 0 Å². The molecule has 0 amide bonds. The first kappa shape index (κ1) is 14.5. The van der Waals surface area contributed by atoms with Crippen LogP contribution in [0.3, 0.4) is 0 Å². The van der Waals surface area contributed by atoms with Gasteiger partial charge in [0, 0.05) is 11.5 Å². The second-order valence-electron chi connectivity index (χ2n) is 5.53. The summed E-state index contributed by atoms with van der Waals surface area (Å²) in [5.41, 5.74) is 0.835. The second-order valence-corrected chi connectivity index (χ2v) is 5.53. The molecule has 1 saturated carbocycles. The molecule has 20 heavy (non-hydrogen) atoms. The predicted molar refractivity (Wildman–Crippen MR) is 77.3 cm³/mol. The standard InChI is InChI=1S/C17H20O3/c1-5-20-16(18)15-14(17(15,2)3)11-8-12-6-9-13(19-4)10-7-12/h6-7,9-10,14-15H,5H2,1-4H3/t14-,15+/m0/s1. The lowest BCUT2D eigenvalue weighted by Crippen LogP contribution is -2.10. The van der Waals surface area contributed by atoms with E-state index in [4.69, 9.17) is 9.47 Å². The number of carbonyl (C=O) groups is 1. The van der Waals surface area contributed by atoms with E-state index in [-0.39, 0.29) is 23.2 Å². The lowest BCUT2D eigenvalue weighted by atomic mass is 10.1. The zero-order valence-corrected chi connectivity index (χ0v) is 12.4. The lowest BCUT2D eigenvalue weighted by molar-refractivity contribution is -0.145. The second kappa shape index (κ2) is 5.58.